The van der Waals surface area contributed by atoms with E-state index >= 15 is 0 Å². The molecule has 0 saturated heterocycles. The van der Waals surface area contributed by atoms with Crippen molar-refractivity contribution >= 4 is 35.0 Å². The van der Waals surface area contributed by atoms with E-state index in [4.69, 9.17) is 32.9 Å². The number of ether oxygens (including phenoxy) is 1. The molecule has 0 unspecified atom stereocenters. The van der Waals surface area contributed by atoms with Crippen molar-refractivity contribution < 1.29 is 4.74 Å². The summed E-state index contributed by atoms with van der Waals surface area (Å²) in [4.78, 5) is 4.70. The number of allylic oxidation sites excluding steroid dienone is 1. The lowest BCUT2D eigenvalue weighted by atomic mass is 9.87. The summed E-state index contributed by atoms with van der Waals surface area (Å²) in [5, 5.41) is 1.26. The predicted molar refractivity (Wildman–Crippen MR) is 137 cm³/mol. The van der Waals surface area contributed by atoms with E-state index in [-0.39, 0.29) is 5.41 Å². The van der Waals surface area contributed by atoms with Crippen LogP contribution in [-0.2, 0) is 18.4 Å². The van der Waals surface area contributed by atoms with Gasteiger partial charge in [0.2, 0.25) is 0 Å². The molecule has 4 rings (SSSR count). The third-order valence-corrected chi connectivity index (χ3v) is 6.19. The SMILES string of the molecule is CC(C)(C)c1ccc(COc2ccc3c(c2)CCN=C3/C=C/c2ccc(Cl)cc2Cl)cc1. The molecular weight excluding hydrogens is 437 g/mol. The Morgan fingerprint density at radius 3 is 2.44 bits per heavy atom. The fourth-order valence-electron chi connectivity index (χ4n) is 3.71. The van der Waals surface area contributed by atoms with Gasteiger partial charge in [0.1, 0.15) is 12.4 Å². The van der Waals surface area contributed by atoms with E-state index in [2.05, 4.69) is 57.2 Å². The van der Waals surface area contributed by atoms with Crippen LogP contribution in [0.3, 0.4) is 0 Å². The number of nitrogens with zero attached hydrogens (tertiary/aromatic N) is 1. The second-order valence-corrected chi connectivity index (χ2v) is 9.91. The van der Waals surface area contributed by atoms with Gasteiger partial charge in [-0.2, -0.15) is 0 Å². The predicted octanol–water partition coefficient (Wildman–Crippen LogP) is 7.93. The molecule has 1 heterocycles. The Kier molecular flexibility index (Phi) is 6.74. The van der Waals surface area contributed by atoms with Gasteiger partial charge >= 0.3 is 0 Å². The standard InChI is InChI=1S/C28H27Cl2NO/c1-28(2,3)22-8-4-19(5-9-22)18-32-24-11-12-25-21(16-24)14-15-31-27(25)13-7-20-6-10-23(29)17-26(20)30/h4-13,16-17H,14-15,18H2,1-3H3/b13-7+. The average Bonchev–Trinajstić information content (AvgIpc) is 2.76. The van der Waals surface area contributed by atoms with Crippen molar-refractivity contribution in [2.75, 3.05) is 6.54 Å². The zero-order valence-corrected chi connectivity index (χ0v) is 20.2. The first kappa shape index (κ1) is 22.6. The van der Waals surface area contributed by atoms with Gasteiger partial charge < -0.3 is 4.74 Å². The first-order valence-corrected chi connectivity index (χ1v) is 11.6. The van der Waals surface area contributed by atoms with Gasteiger partial charge in [-0.05, 0) is 70.5 Å². The fraction of sp³-hybridized carbons (Fsp3) is 0.250. The van der Waals surface area contributed by atoms with Crippen LogP contribution in [0.4, 0.5) is 0 Å². The molecule has 32 heavy (non-hydrogen) atoms. The van der Waals surface area contributed by atoms with Gasteiger partial charge in [0, 0.05) is 22.2 Å². The molecule has 0 spiro atoms. The summed E-state index contributed by atoms with van der Waals surface area (Å²) in [7, 11) is 0. The third-order valence-electron chi connectivity index (χ3n) is 5.62. The van der Waals surface area contributed by atoms with Gasteiger partial charge in [-0.15, -0.1) is 0 Å². The second kappa shape index (κ2) is 9.52. The minimum Gasteiger partial charge on any atom is -0.489 e. The summed E-state index contributed by atoms with van der Waals surface area (Å²) in [5.41, 5.74) is 6.92. The summed E-state index contributed by atoms with van der Waals surface area (Å²) < 4.78 is 6.09. The maximum atomic E-state index is 6.29. The Hall–Kier alpha value is -2.55. The van der Waals surface area contributed by atoms with Gasteiger partial charge in [0.05, 0.1) is 5.71 Å². The molecule has 4 heteroatoms. The zero-order chi connectivity index (χ0) is 22.7. The van der Waals surface area contributed by atoms with Crippen molar-refractivity contribution in [1.29, 1.82) is 0 Å². The largest absolute Gasteiger partial charge is 0.489 e. The maximum absolute atomic E-state index is 6.29. The van der Waals surface area contributed by atoms with Gasteiger partial charge in [0.15, 0.2) is 0 Å². The van der Waals surface area contributed by atoms with E-state index in [1.807, 2.05) is 30.4 Å². The number of halogens is 2. The highest BCUT2D eigenvalue weighted by molar-refractivity contribution is 6.35. The normalized spacial score (nSPS) is 13.7. The van der Waals surface area contributed by atoms with Crippen LogP contribution in [0.1, 0.15) is 48.6 Å². The number of benzene rings is 3. The fourth-order valence-corrected chi connectivity index (χ4v) is 4.19. The molecule has 0 amide bonds. The molecule has 1 aliphatic heterocycles. The van der Waals surface area contributed by atoms with Gasteiger partial charge in [-0.1, -0.05) is 80.4 Å². The first-order chi connectivity index (χ1) is 15.3. The molecule has 0 bridgehead atoms. The van der Waals surface area contributed by atoms with E-state index in [0.717, 1.165) is 35.6 Å². The molecule has 0 N–H and O–H groups in total. The van der Waals surface area contributed by atoms with E-state index in [0.29, 0.717) is 16.7 Å². The molecule has 3 aromatic rings. The van der Waals surface area contributed by atoms with Crippen LogP contribution in [-0.4, -0.2) is 12.3 Å². The summed E-state index contributed by atoms with van der Waals surface area (Å²) in [6.07, 6.45) is 4.91. The lowest BCUT2D eigenvalue weighted by Crippen LogP contribution is -2.11. The number of fused-ring (bicyclic) bond motifs is 1. The molecule has 0 radical (unpaired) electrons. The highest BCUT2D eigenvalue weighted by atomic mass is 35.5. The Balaban J connectivity index is 1.45. The highest BCUT2D eigenvalue weighted by Gasteiger charge is 2.14. The Labute approximate surface area is 200 Å². The summed E-state index contributed by atoms with van der Waals surface area (Å²) in [6, 6.07) is 20.4. The van der Waals surface area contributed by atoms with Gasteiger partial charge in [-0.25, -0.2) is 0 Å². The molecule has 0 fully saturated rings. The molecule has 2 nitrogen and oxygen atoms in total. The van der Waals surface area contributed by atoms with Crippen LogP contribution in [0.25, 0.3) is 6.08 Å². The molecule has 0 saturated carbocycles. The molecular formula is C28H27Cl2NO. The van der Waals surface area contributed by atoms with Gasteiger partial charge in [-0.3, -0.25) is 4.99 Å². The maximum Gasteiger partial charge on any atom is 0.120 e. The van der Waals surface area contributed by atoms with Crippen molar-refractivity contribution in [1.82, 2.24) is 0 Å². The average molecular weight is 464 g/mol. The molecule has 1 aliphatic rings. The first-order valence-electron chi connectivity index (χ1n) is 10.8. The quantitative estimate of drug-likeness (QED) is 0.376. The van der Waals surface area contributed by atoms with Crippen LogP contribution >= 0.6 is 23.2 Å². The van der Waals surface area contributed by atoms with Crippen molar-refractivity contribution in [2.45, 2.75) is 39.2 Å². The Bertz CT molecular complexity index is 1170. The number of hydrogen-bond donors (Lipinski definition) is 0. The zero-order valence-electron chi connectivity index (χ0n) is 18.7. The van der Waals surface area contributed by atoms with E-state index in [1.165, 1.54) is 16.7 Å². The third kappa shape index (κ3) is 5.43. The van der Waals surface area contributed by atoms with Crippen LogP contribution in [0, 0.1) is 0 Å². The second-order valence-electron chi connectivity index (χ2n) is 9.07. The molecule has 3 aromatic carbocycles. The molecule has 0 aromatic heterocycles. The lowest BCUT2D eigenvalue weighted by molar-refractivity contribution is 0.306. The van der Waals surface area contributed by atoms with Crippen LogP contribution in [0.2, 0.25) is 10.0 Å². The van der Waals surface area contributed by atoms with Crippen LogP contribution in [0.15, 0.2) is 71.7 Å². The summed E-state index contributed by atoms with van der Waals surface area (Å²) in [5.74, 6) is 0.884. The number of hydrogen-bond acceptors (Lipinski definition) is 2. The lowest BCUT2D eigenvalue weighted by Gasteiger charge is -2.19. The van der Waals surface area contributed by atoms with Crippen molar-refractivity contribution in [3.05, 3.63) is 105 Å². The highest BCUT2D eigenvalue weighted by Crippen LogP contribution is 2.26. The van der Waals surface area contributed by atoms with E-state index in [1.54, 1.807) is 6.07 Å². The van der Waals surface area contributed by atoms with Crippen molar-refractivity contribution in [3.63, 3.8) is 0 Å². The summed E-state index contributed by atoms with van der Waals surface area (Å²) >= 11 is 12.3. The van der Waals surface area contributed by atoms with Crippen LogP contribution in [0.5, 0.6) is 5.75 Å². The number of aliphatic imine (C=N–C) groups is 1. The summed E-state index contributed by atoms with van der Waals surface area (Å²) in [6.45, 7) is 7.99. The minimum atomic E-state index is 0.157. The van der Waals surface area contributed by atoms with Gasteiger partial charge in [0.25, 0.3) is 0 Å². The monoisotopic (exact) mass is 463 g/mol. The Morgan fingerprint density at radius 2 is 1.72 bits per heavy atom. The Morgan fingerprint density at radius 1 is 0.938 bits per heavy atom. The topological polar surface area (TPSA) is 21.6 Å². The van der Waals surface area contributed by atoms with Crippen LogP contribution < -0.4 is 4.74 Å². The minimum absolute atomic E-state index is 0.157. The van der Waals surface area contributed by atoms with E-state index in [9.17, 15) is 0 Å². The number of rotatable bonds is 5. The van der Waals surface area contributed by atoms with Crippen molar-refractivity contribution in [2.24, 2.45) is 4.99 Å². The smallest absolute Gasteiger partial charge is 0.120 e. The molecule has 0 atom stereocenters. The van der Waals surface area contributed by atoms with Crippen molar-refractivity contribution in [3.8, 4) is 5.75 Å². The molecule has 164 valence electrons. The molecule has 0 aliphatic carbocycles. The van der Waals surface area contributed by atoms with E-state index < -0.39 is 0 Å².